The Bertz CT molecular complexity index is 686. The Labute approximate surface area is 139 Å². The highest BCUT2D eigenvalue weighted by Crippen LogP contribution is 2.37. The van der Waals surface area contributed by atoms with Crippen molar-refractivity contribution in [2.75, 3.05) is 14.2 Å². The summed E-state index contributed by atoms with van der Waals surface area (Å²) in [5, 5.41) is 2.91. The third-order valence-corrected chi connectivity index (χ3v) is 4.44. The Hall–Kier alpha value is -2.47. The van der Waals surface area contributed by atoms with Gasteiger partial charge in [-0.15, -0.1) is 11.8 Å². The summed E-state index contributed by atoms with van der Waals surface area (Å²) in [5.74, 6) is 6.43. The van der Waals surface area contributed by atoms with Crippen LogP contribution in [0.25, 0.3) is 0 Å². The fourth-order valence-electron chi connectivity index (χ4n) is 2.02. The quantitative estimate of drug-likeness (QED) is 0.365. The predicted octanol–water partition coefficient (Wildman–Crippen LogP) is 3.05. The molecule has 0 heterocycles. The highest BCUT2D eigenvalue weighted by Gasteiger charge is 2.21. The number of hydrogen-bond donors (Lipinski definition) is 1. The topological polar surface area (TPSA) is 73.9 Å². The van der Waals surface area contributed by atoms with E-state index >= 15 is 0 Å². The molecule has 6 heteroatoms. The van der Waals surface area contributed by atoms with E-state index in [0.29, 0.717) is 0 Å². The van der Waals surface area contributed by atoms with Gasteiger partial charge in [-0.3, -0.25) is 4.79 Å². The van der Waals surface area contributed by atoms with E-state index in [1.165, 1.54) is 11.8 Å². The summed E-state index contributed by atoms with van der Waals surface area (Å²) in [4.78, 5) is 13.3. The summed E-state index contributed by atoms with van der Waals surface area (Å²) in [5.41, 5.74) is 0.850. The third-order valence-electron chi connectivity index (χ3n) is 3.17. The number of hydrogen-bond acceptors (Lipinski definition) is 6. The van der Waals surface area contributed by atoms with Gasteiger partial charge in [0.15, 0.2) is 5.78 Å². The van der Waals surface area contributed by atoms with Crippen molar-refractivity contribution >= 4 is 23.8 Å². The molecule has 0 amide bonds. The van der Waals surface area contributed by atoms with Crippen molar-refractivity contribution in [3.8, 4) is 11.5 Å². The van der Waals surface area contributed by atoms with Crippen LogP contribution in [-0.4, -0.2) is 26.2 Å². The maximum absolute atomic E-state index is 12.3. The second-order valence-corrected chi connectivity index (χ2v) is 5.81. The van der Waals surface area contributed by atoms with Crippen molar-refractivity contribution in [1.82, 2.24) is 0 Å². The minimum atomic E-state index is -0.444. The first kappa shape index (κ1) is 16.9. The molecule has 0 saturated heterocycles. The number of nitrogens with zero attached hydrogens (tertiary/aromatic N) is 1. The van der Waals surface area contributed by atoms with E-state index in [9.17, 15) is 4.79 Å². The summed E-state index contributed by atoms with van der Waals surface area (Å²) in [6.07, 6.45) is 1.14. The van der Waals surface area contributed by atoms with E-state index in [2.05, 4.69) is 5.10 Å². The molecule has 0 aliphatic rings. The molecule has 0 spiro atoms. The summed E-state index contributed by atoms with van der Waals surface area (Å²) in [7, 11) is 3.21. The molecule has 2 rings (SSSR count). The van der Waals surface area contributed by atoms with Gasteiger partial charge in [-0.1, -0.05) is 18.2 Å². The third kappa shape index (κ3) is 4.50. The van der Waals surface area contributed by atoms with Crippen molar-refractivity contribution in [3.63, 3.8) is 0 Å². The van der Waals surface area contributed by atoms with Gasteiger partial charge in [-0.2, -0.15) is 5.10 Å². The molecule has 0 aliphatic heterocycles. The number of benzene rings is 2. The standard InChI is InChI=1S/C17H18N2O3S/c1-21-13-8-6-12(7-9-13)17(16(20)11-19-18)23-15-5-3-4-14(10-15)22-2/h3-11,17H,18H2,1-2H3. The summed E-state index contributed by atoms with van der Waals surface area (Å²) >= 11 is 1.42. The molecular weight excluding hydrogens is 312 g/mol. The van der Waals surface area contributed by atoms with Crippen LogP contribution in [0.3, 0.4) is 0 Å². The minimum Gasteiger partial charge on any atom is -0.497 e. The molecule has 2 aromatic rings. The first-order valence-corrected chi connectivity index (χ1v) is 7.77. The van der Waals surface area contributed by atoms with E-state index in [1.54, 1.807) is 14.2 Å². The second-order valence-electron chi connectivity index (χ2n) is 4.63. The first-order valence-electron chi connectivity index (χ1n) is 6.89. The van der Waals surface area contributed by atoms with Crippen LogP contribution < -0.4 is 15.3 Å². The van der Waals surface area contributed by atoms with Crippen LogP contribution in [0.4, 0.5) is 0 Å². The highest BCUT2D eigenvalue weighted by molar-refractivity contribution is 8.00. The van der Waals surface area contributed by atoms with Crippen molar-refractivity contribution in [2.24, 2.45) is 10.9 Å². The Kier molecular flexibility index (Phi) is 6.05. The molecule has 120 valence electrons. The Morgan fingerprint density at radius 2 is 1.83 bits per heavy atom. The molecular formula is C17H18N2O3S. The summed E-state index contributed by atoms with van der Waals surface area (Å²) in [6, 6.07) is 14.9. The molecule has 0 aromatic heterocycles. The number of carbonyl (C=O) groups excluding carboxylic acids is 1. The van der Waals surface area contributed by atoms with Crippen LogP contribution in [-0.2, 0) is 4.79 Å². The molecule has 0 fully saturated rings. The molecule has 0 radical (unpaired) electrons. The fourth-order valence-corrected chi connectivity index (χ4v) is 3.10. The van der Waals surface area contributed by atoms with E-state index in [-0.39, 0.29) is 5.78 Å². The van der Waals surface area contributed by atoms with Gasteiger partial charge in [0.2, 0.25) is 0 Å². The molecule has 0 aliphatic carbocycles. The second kappa shape index (κ2) is 8.24. The molecule has 2 N–H and O–H groups in total. The Morgan fingerprint density at radius 3 is 2.43 bits per heavy atom. The maximum Gasteiger partial charge on any atom is 0.193 e. The number of Topliss-reactive ketones (excluding diaryl/α,β-unsaturated/α-hetero) is 1. The zero-order valence-electron chi connectivity index (χ0n) is 12.9. The number of carbonyl (C=O) groups is 1. The van der Waals surface area contributed by atoms with Crippen LogP contribution >= 0.6 is 11.8 Å². The van der Waals surface area contributed by atoms with Crippen molar-refractivity contribution in [2.45, 2.75) is 10.1 Å². The lowest BCUT2D eigenvalue weighted by Gasteiger charge is -2.15. The van der Waals surface area contributed by atoms with Gasteiger partial charge >= 0.3 is 0 Å². The molecule has 1 atom stereocenters. The average molecular weight is 330 g/mol. The Morgan fingerprint density at radius 1 is 1.13 bits per heavy atom. The highest BCUT2D eigenvalue weighted by atomic mass is 32.2. The summed E-state index contributed by atoms with van der Waals surface area (Å²) < 4.78 is 10.4. The zero-order chi connectivity index (χ0) is 16.7. The van der Waals surface area contributed by atoms with Gasteiger partial charge in [0.25, 0.3) is 0 Å². The number of ketones is 1. The monoisotopic (exact) mass is 330 g/mol. The fraction of sp³-hybridized carbons (Fsp3) is 0.176. The molecule has 5 nitrogen and oxygen atoms in total. The minimum absolute atomic E-state index is 0.175. The number of methoxy groups -OCH3 is 2. The lowest BCUT2D eigenvalue weighted by atomic mass is 10.1. The van der Waals surface area contributed by atoms with Gasteiger partial charge in [0.05, 0.1) is 25.7 Å². The maximum atomic E-state index is 12.3. The van der Waals surface area contributed by atoms with Gasteiger partial charge < -0.3 is 15.3 Å². The largest absolute Gasteiger partial charge is 0.497 e. The molecule has 1 unspecified atom stereocenters. The SMILES string of the molecule is COc1ccc(C(Sc2cccc(OC)c2)C(=O)C=NN)cc1. The average Bonchev–Trinajstić information content (AvgIpc) is 2.60. The van der Waals surface area contributed by atoms with Gasteiger partial charge in [0, 0.05) is 4.90 Å². The Balaban J connectivity index is 2.31. The van der Waals surface area contributed by atoms with Crippen LogP contribution in [0, 0.1) is 0 Å². The lowest BCUT2D eigenvalue weighted by Crippen LogP contribution is -2.11. The number of thioether (sulfide) groups is 1. The van der Waals surface area contributed by atoms with Crippen LogP contribution in [0.15, 0.2) is 58.5 Å². The predicted molar refractivity (Wildman–Crippen MR) is 92.3 cm³/mol. The first-order chi connectivity index (χ1) is 11.2. The molecule has 0 saturated carbocycles. The number of nitrogens with two attached hydrogens (primary N) is 1. The van der Waals surface area contributed by atoms with Crippen molar-refractivity contribution in [1.29, 1.82) is 0 Å². The van der Waals surface area contributed by atoms with Crippen molar-refractivity contribution in [3.05, 3.63) is 54.1 Å². The summed E-state index contributed by atoms with van der Waals surface area (Å²) in [6.45, 7) is 0. The van der Waals surface area contributed by atoms with E-state index in [1.807, 2.05) is 48.5 Å². The normalized spacial score (nSPS) is 12.1. The van der Waals surface area contributed by atoms with Crippen LogP contribution in [0.2, 0.25) is 0 Å². The van der Waals surface area contributed by atoms with Gasteiger partial charge in [0.1, 0.15) is 11.5 Å². The van der Waals surface area contributed by atoms with Crippen LogP contribution in [0.5, 0.6) is 11.5 Å². The van der Waals surface area contributed by atoms with Gasteiger partial charge in [-0.05, 0) is 35.9 Å². The van der Waals surface area contributed by atoms with E-state index in [4.69, 9.17) is 15.3 Å². The number of hydrazone groups is 1. The number of rotatable bonds is 7. The van der Waals surface area contributed by atoms with E-state index < -0.39 is 5.25 Å². The lowest BCUT2D eigenvalue weighted by molar-refractivity contribution is -0.112. The van der Waals surface area contributed by atoms with Crippen LogP contribution in [0.1, 0.15) is 10.8 Å². The molecule has 23 heavy (non-hydrogen) atoms. The van der Waals surface area contributed by atoms with E-state index in [0.717, 1.165) is 28.2 Å². The molecule has 0 bridgehead atoms. The smallest absolute Gasteiger partial charge is 0.193 e. The zero-order valence-corrected chi connectivity index (χ0v) is 13.7. The molecule has 2 aromatic carbocycles. The van der Waals surface area contributed by atoms with Crippen molar-refractivity contribution < 1.29 is 14.3 Å². The van der Waals surface area contributed by atoms with Gasteiger partial charge in [-0.25, -0.2) is 0 Å². The number of ether oxygens (including phenoxy) is 2.